The lowest BCUT2D eigenvalue weighted by atomic mass is 10.1. The van der Waals surface area contributed by atoms with Crippen molar-refractivity contribution in [3.05, 3.63) is 0 Å². The lowest BCUT2D eigenvalue weighted by molar-refractivity contribution is -0.121. The van der Waals surface area contributed by atoms with Crippen molar-refractivity contribution in [2.45, 2.75) is 51.7 Å². The second kappa shape index (κ2) is 6.98. The fourth-order valence-corrected chi connectivity index (χ4v) is 2.14. The van der Waals surface area contributed by atoms with Crippen LogP contribution in [-0.4, -0.2) is 47.5 Å². The molecular formula is C13H23ClN2O3. The van der Waals surface area contributed by atoms with Gasteiger partial charge in [0.2, 0.25) is 5.91 Å². The molecule has 1 rings (SSSR count). The Bertz CT molecular complexity index is 328. The number of nitrogens with one attached hydrogen (secondary N) is 1. The first-order valence-corrected chi connectivity index (χ1v) is 7.18. The molecule has 2 amide bonds. The Labute approximate surface area is 119 Å². The summed E-state index contributed by atoms with van der Waals surface area (Å²) in [5.41, 5.74) is -0.494. The number of carbonyl (C=O) groups is 2. The summed E-state index contributed by atoms with van der Waals surface area (Å²) in [5.74, 6) is 0.250. The van der Waals surface area contributed by atoms with Gasteiger partial charge in [0.1, 0.15) is 5.60 Å². The summed E-state index contributed by atoms with van der Waals surface area (Å²) in [5, 5.41) is 2.89. The number of nitrogens with zero attached hydrogens (tertiary/aromatic N) is 1. The van der Waals surface area contributed by atoms with Crippen LogP contribution in [0.1, 0.15) is 40.0 Å². The molecule has 19 heavy (non-hydrogen) atoms. The number of amides is 2. The molecule has 0 aromatic carbocycles. The zero-order valence-electron chi connectivity index (χ0n) is 11.9. The van der Waals surface area contributed by atoms with E-state index in [0.717, 1.165) is 12.8 Å². The number of rotatable bonds is 3. The van der Waals surface area contributed by atoms with Gasteiger partial charge >= 0.3 is 6.09 Å². The highest BCUT2D eigenvalue weighted by atomic mass is 35.5. The van der Waals surface area contributed by atoms with Gasteiger partial charge in [0, 0.05) is 31.4 Å². The summed E-state index contributed by atoms with van der Waals surface area (Å²) in [4.78, 5) is 25.1. The molecule has 0 unspecified atom stereocenters. The largest absolute Gasteiger partial charge is 0.444 e. The number of hydrogen-bond donors (Lipinski definition) is 1. The SMILES string of the molecule is CC(C)(C)OC(=O)N1CCC[C@H](NC(=O)CCCl)C1. The van der Waals surface area contributed by atoms with Gasteiger partial charge in [0.15, 0.2) is 0 Å². The Kier molecular flexibility index (Phi) is 5.91. The summed E-state index contributed by atoms with van der Waals surface area (Å²) in [6, 6.07) is -0.00279. The Morgan fingerprint density at radius 3 is 2.68 bits per heavy atom. The fraction of sp³-hybridized carbons (Fsp3) is 0.846. The zero-order valence-corrected chi connectivity index (χ0v) is 12.6. The molecule has 1 fully saturated rings. The van der Waals surface area contributed by atoms with Crippen LogP contribution >= 0.6 is 11.6 Å². The minimum absolute atomic E-state index is 0.00279. The summed E-state index contributed by atoms with van der Waals surface area (Å²) in [6.07, 6.45) is 1.74. The minimum Gasteiger partial charge on any atom is -0.444 e. The third-order valence-corrected chi connectivity index (χ3v) is 2.95. The first-order valence-electron chi connectivity index (χ1n) is 6.65. The lowest BCUT2D eigenvalue weighted by Gasteiger charge is -2.34. The fourth-order valence-electron chi connectivity index (χ4n) is 1.97. The van der Waals surface area contributed by atoms with E-state index in [0.29, 0.717) is 25.4 Å². The number of alkyl halides is 1. The molecule has 110 valence electrons. The number of carbonyl (C=O) groups excluding carboxylic acids is 2. The number of likely N-dealkylation sites (tertiary alicyclic amines) is 1. The highest BCUT2D eigenvalue weighted by Gasteiger charge is 2.28. The molecule has 0 bridgehead atoms. The van der Waals surface area contributed by atoms with Gasteiger partial charge in [-0.25, -0.2) is 4.79 Å². The molecule has 0 spiro atoms. The average Bonchev–Trinajstić information content (AvgIpc) is 2.27. The van der Waals surface area contributed by atoms with E-state index >= 15 is 0 Å². The summed E-state index contributed by atoms with van der Waals surface area (Å²) in [6.45, 7) is 6.71. The van der Waals surface area contributed by atoms with Crippen LogP contribution in [0.5, 0.6) is 0 Å². The molecule has 1 heterocycles. The number of piperidine rings is 1. The molecule has 6 heteroatoms. The predicted octanol–water partition coefficient (Wildman–Crippen LogP) is 2.13. The predicted molar refractivity (Wildman–Crippen MR) is 74.3 cm³/mol. The summed E-state index contributed by atoms with van der Waals surface area (Å²) >= 11 is 5.52. The Balaban J connectivity index is 2.45. The van der Waals surface area contributed by atoms with Crippen LogP contribution in [-0.2, 0) is 9.53 Å². The molecule has 0 aromatic rings. The first kappa shape index (κ1) is 16.1. The number of hydrogen-bond acceptors (Lipinski definition) is 3. The molecule has 1 aliphatic heterocycles. The van der Waals surface area contributed by atoms with E-state index in [4.69, 9.17) is 16.3 Å². The quantitative estimate of drug-likeness (QED) is 0.810. The van der Waals surface area contributed by atoms with Gasteiger partial charge in [-0.3, -0.25) is 4.79 Å². The molecule has 1 N–H and O–H groups in total. The first-order chi connectivity index (χ1) is 8.81. The van der Waals surface area contributed by atoms with E-state index in [9.17, 15) is 9.59 Å². The molecular weight excluding hydrogens is 268 g/mol. The second-order valence-electron chi connectivity index (χ2n) is 5.77. The Morgan fingerprint density at radius 2 is 2.11 bits per heavy atom. The highest BCUT2D eigenvalue weighted by molar-refractivity contribution is 6.18. The summed E-state index contributed by atoms with van der Waals surface area (Å²) < 4.78 is 5.33. The molecule has 0 saturated carbocycles. The smallest absolute Gasteiger partial charge is 0.410 e. The number of ether oxygens (including phenoxy) is 1. The van der Waals surface area contributed by atoms with Crippen LogP contribution in [0.3, 0.4) is 0 Å². The van der Waals surface area contributed by atoms with Crippen LogP contribution < -0.4 is 5.32 Å². The zero-order chi connectivity index (χ0) is 14.5. The van der Waals surface area contributed by atoms with Crippen LogP contribution in [0.15, 0.2) is 0 Å². The van der Waals surface area contributed by atoms with E-state index in [2.05, 4.69) is 5.32 Å². The molecule has 5 nitrogen and oxygen atoms in total. The van der Waals surface area contributed by atoms with Crippen molar-refractivity contribution in [2.24, 2.45) is 0 Å². The molecule has 1 saturated heterocycles. The maximum absolute atomic E-state index is 11.9. The Morgan fingerprint density at radius 1 is 1.42 bits per heavy atom. The molecule has 0 aromatic heterocycles. The van der Waals surface area contributed by atoms with Crippen molar-refractivity contribution in [3.8, 4) is 0 Å². The van der Waals surface area contributed by atoms with Gasteiger partial charge in [0.25, 0.3) is 0 Å². The van der Waals surface area contributed by atoms with Crippen LogP contribution in [0, 0.1) is 0 Å². The van der Waals surface area contributed by atoms with Crippen molar-refractivity contribution in [1.82, 2.24) is 10.2 Å². The van der Waals surface area contributed by atoms with Crippen molar-refractivity contribution in [1.29, 1.82) is 0 Å². The molecule has 0 radical (unpaired) electrons. The third kappa shape index (κ3) is 6.14. The van der Waals surface area contributed by atoms with Crippen molar-refractivity contribution < 1.29 is 14.3 Å². The van der Waals surface area contributed by atoms with Gasteiger partial charge in [-0.05, 0) is 33.6 Å². The van der Waals surface area contributed by atoms with E-state index in [1.807, 2.05) is 20.8 Å². The molecule has 1 aliphatic rings. The van der Waals surface area contributed by atoms with Gasteiger partial charge in [-0.2, -0.15) is 0 Å². The normalized spacial score (nSPS) is 20.0. The van der Waals surface area contributed by atoms with Crippen molar-refractivity contribution >= 4 is 23.6 Å². The third-order valence-electron chi connectivity index (χ3n) is 2.76. The highest BCUT2D eigenvalue weighted by Crippen LogP contribution is 2.15. The van der Waals surface area contributed by atoms with Crippen LogP contribution in [0.2, 0.25) is 0 Å². The van der Waals surface area contributed by atoms with Gasteiger partial charge < -0.3 is 15.0 Å². The van der Waals surface area contributed by atoms with E-state index in [-0.39, 0.29) is 18.0 Å². The van der Waals surface area contributed by atoms with Gasteiger partial charge in [-0.15, -0.1) is 11.6 Å². The second-order valence-corrected chi connectivity index (χ2v) is 6.15. The monoisotopic (exact) mass is 290 g/mol. The maximum Gasteiger partial charge on any atom is 0.410 e. The van der Waals surface area contributed by atoms with E-state index < -0.39 is 5.60 Å². The maximum atomic E-state index is 11.9. The van der Waals surface area contributed by atoms with Crippen molar-refractivity contribution in [3.63, 3.8) is 0 Å². The summed E-state index contributed by atoms with van der Waals surface area (Å²) in [7, 11) is 0. The minimum atomic E-state index is -0.494. The van der Waals surface area contributed by atoms with Crippen molar-refractivity contribution in [2.75, 3.05) is 19.0 Å². The topological polar surface area (TPSA) is 58.6 Å². The van der Waals surface area contributed by atoms with E-state index in [1.54, 1.807) is 4.90 Å². The van der Waals surface area contributed by atoms with Crippen LogP contribution in [0.4, 0.5) is 4.79 Å². The molecule has 0 aliphatic carbocycles. The van der Waals surface area contributed by atoms with Crippen LogP contribution in [0.25, 0.3) is 0 Å². The van der Waals surface area contributed by atoms with E-state index in [1.165, 1.54) is 0 Å². The average molecular weight is 291 g/mol. The number of halogens is 1. The molecule has 1 atom stereocenters. The Hall–Kier alpha value is -0.970. The lowest BCUT2D eigenvalue weighted by Crippen LogP contribution is -2.50. The standard InChI is InChI=1S/C13H23ClN2O3/c1-13(2,3)19-12(18)16-8-4-5-10(9-16)15-11(17)6-7-14/h10H,4-9H2,1-3H3,(H,15,17)/t10-/m0/s1. The van der Waals surface area contributed by atoms with Gasteiger partial charge in [0.05, 0.1) is 0 Å². The van der Waals surface area contributed by atoms with Gasteiger partial charge in [-0.1, -0.05) is 0 Å².